The standard InChI is InChI=1S/C20H16ClF3N6O/c21-15-12(5-2-6-13(15)20(22,23)24)19(31)30-11-4-1-7-14(30)17-27-28-18(29(17)10-11)16-25-8-3-9-26-16/h2-3,5-6,8-9,11,14H,1,4,7,10H2/t11-,14-/m1/s1. The van der Waals surface area contributed by atoms with E-state index in [0.29, 0.717) is 36.9 Å². The third-order valence-electron chi connectivity index (χ3n) is 5.75. The molecule has 160 valence electrons. The molecule has 0 saturated carbocycles. The highest BCUT2D eigenvalue weighted by Crippen LogP contribution is 2.42. The van der Waals surface area contributed by atoms with Crippen LogP contribution in [0.5, 0.6) is 0 Å². The molecule has 4 heterocycles. The van der Waals surface area contributed by atoms with E-state index in [0.717, 1.165) is 12.5 Å². The number of piperidine rings is 1. The Morgan fingerprint density at radius 2 is 1.87 bits per heavy atom. The van der Waals surface area contributed by atoms with Crippen molar-refractivity contribution < 1.29 is 18.0 Å². The highest BCUT2D eigenvalue weighted by atomic mass is 35.5. The van der Waals surface area contributed by atoms with Crippen molar-refractivity contribution in [3.63, 3.8) is 0 Å². The van der Waals surface area contributed by atoms with Crippen LogP contribution in [0.15, 0.2) is 36.7 Å². The molecule has 1 saturated heterocycles. The molecule has 0 spiro atoms. The van der Waals surface area contributed by atoms with Crippen LogP contribution in [-0.4, -0.2) is 41.6 Å². The average Bonchev–Trinajstić information content (AvgIpc) is 3.16. The monoisotopic (exact) mass is 448 g/mol. The Bertz CT molecular complexity index is 1150. The van der Waals surface area contributed by atoms with E-state index in [4.69, 9.17) is 11.6 Å². The number of carbonyl (C=O) groups excluding carboxylic acids is 1. The molecule has 1 aromatic carbocycles. The average molecular weight is 449 g/mol. The topological polar surface area (TPSA) is 76.8 Å². The number of hydrogen-bond donors (Lipinski definition) is 0. The van der Waals surface area contributed by atoms with Crippen LogP contribution in [0.4, 0.5) is 13.2 Å². The summed E-state index contributed by atoms with van der Waals surface area (Å²) < 4.78 is 41.8. The van der Waals surface area contributed by atoms with Gasteiger partial charge in [-0.15, -0.1) is 10.2 Å². The summed E-state index contributed by atoms with van der Waals surface area (Å²) >= 11 is 6.03. The van der Waals surface area contributed by atoms with Crippen LogP contribution >= 0.6 is 11.6 Å². The normalized spacial score (nSPS) is 20.5. The van der Waals surface area contributed by atoms with Gasteiger partial charge >= 0.3 is 6.18 Å². The molecule has 2 atom stereocenters. The lowest BCUT2D eigenvalue weighted by Gasteiger charge is -2.45. The minimum Gasteiger partial charge on any atom is -0.324 e. The van der Waals surface area contributed by atoms with E-state index >= 15 is 0 Å². The van der Waals surface area contributed by atoms with Crippen molar-refractivity contribution in [1.29, 1.82) is 0 Å². The van der Waals surface area contributed by atoms with Crippen LogP contribution < -0.4 is 0 Å². The SMILES string of the molecule is O=C(c1cccc(C(F)(F)F)c1Cl)N1[C@@H]2CCC[C@@H]1c1nnc(-c3ncccn3)n1C2. The first-order valence-corrected chi connectivity index (χ1v) is 10.1. The summed E-state index contributed by atoms with van der Waals surface area (Å²) in [5, 5.41) is 7.94. The van der Waals surface area contributed by atoms with Crippen molar-refractivity contribution in [2.24, 2.45) is 0 Å². The summed E-state index contributed by atoms with van der Waals surface area (Å²) in [5.74, 6) is 0.990. The van der Waals surface area contributed by atoms with Crippen molar-refractivity contribution >= 4 is 17.5 Å². The number of hydrogen-bond acceptors (Lipinski definition) is 5. The molecule has 0 radical (unpaired) electrons. The summed E-state index contributed by atoms with van der Waals surface area (Å²) in [6, 6.07) is 4.48. The smallest absolute Gasteiger partial charge is 0.324 e. The Balaban J connectivity index is 1.55. The van der Waals surface area contributed by atoms with E-state index in [9.17, 15) is 18.0 Å². The van der Waals surface area contributed by atoms with E-state index in [-0.39, 0.29) is 11.6 Å². The number of nitrogens with zero attached hydrogens (tertiary/aromatic N) is 6. The molecule has 1 fully saturated rings. The molecule has 11 heteroatoms. The summed E-state index contributed by atoms with van der Waals surface area (Å²) in [6.07, 6.45) is 0.797. The fourth-order valence-electron chi connectivity index (χ4n) is 4.41. The van der Waals surface area contributed by atoms with Gasteiger partial charge in [-0.05, 0) is 37.5 Å². The molecular weight excluding hydrogens is 433 g/mol. The fraction of sp³-hybridized carbons (Fsp3) is 0.350. The largest absolute Gasteiger partial charge is 0.417 e. The number of carbonyl (C=O) groups is 1. The Kier molecular flexibility index (Phi) is 4.69. The highest BCUT2D eigenvalue weighted by Gasteiger charge is 2.44. The van der Waals surface area contributed by atoms with Gasteiger partial charge in [0, 0.05) is 18.9 Å². The molecule has 2 bridgehead atoms. The van der Waals surface area contributed by atoms with Crippen LogP contribution in [0.2, 0.25) is 5.02 Å². The molecule has 2 aliphatic heterocycles. The highest BCUT2D eigenvalue weighted by molar-refractivity contribution is 6.34. The van der Waals surface area contributed by atoms with Crippen molar-refractivity contribution in [3.8, 4) is 11.6 Å². The molecule has 31 heavy (non-hydrogen) atoms. The molecule has 3 aromatic rings. The van der Waals surface area contributed by atoms with Crippen molar-refractivity contribution in [2.45, 2.75) is 44.1 Å². The predicted octanol–water partition coefficient (Wildman–Crippen LogP) is 4.16. The van der Waals surface area contributed by atoms with Gasteiger partial charge in [-0.1, -0.05) is 17.7 Å². The van der Waals surface area contributed by atoms with Crippen molar-refractivity contribution in [3.05, 3.63) is 58.6 Å². The number of halogens is 4. The van der Waals surface area contributed by atoms with Gasteiger partial charge in [-0.2, -0.15) is 13.2 Å². The van der Waals surface area contributed by atoms with Crippen LogP contribution in [0.25, 0.3) is 11.6 Å². The molecule has 2 aromatic heterocycles. The van der Waals surface area contributed by atoms with Crippen LogP contribution in [0.3, 0.4) is 0 Å². The van der Waals surface area contributed by atoms with E-state index in [1.54, 1.807) is 23.4 Å². The number of rotatable bonds is 2. The molecule has 1 amide bonds. The third-order valence-corrected chi connectivity index (χ3v) is 6.16. The zero-order valence-corrected chi connectivity index (χ0v) is 16.8. The Hall–Kier alpha value is -3.01. The minimum atomic E-state index is -4.64. The molecule has 0 unspecified atom stereocenters. The van der Waals surface area contributed by atoms with Gasteiger partial charge < -0.3 is 9.47 Å². The van der Waals surface area contributed by atoms with Crippen LogP contribution in [-0.2, 0) is 12.7 Å². The second-order valence-corrected chi connectivity index (χ2v) is 7.92. The lowest BCUT2D eigenvalue weighted by molar-refractivity contribution is -0.137. The summed E-state index contributed by atoms with van der Waals surface area (Å²) in [4.78, 5) is 23.5. The quantitative estimate of drug-likeness (QED) is 0.588. The Labute approximate surface area is 179 Å². The maximum absolute atomic E-state index is 13.4. The lowest BCUT2D eigenvalue weighted by Crippen LogP contribution is -2.52. The molecule has 7 nitrogen and oxygen atoms in total. The van der Waals surface area contributed by atoms with Gasteiger partial charge in [-0.3, -0.25) is 4.79 Å². The second kappa shape index (κ2) is 7.30. The lowest BCUT2D eigenvalue weighted by atomic mass is 9.90. The second-order valence-electron chi connectivity index (χ2n) is 7.54. The summed E-state index contributed by atoms with van der Waals surface area (Å²) in [6.45, 7) is 0.411. The van der Waals surface area contributed by atoms with Crippen LogP contribution in [0, 0.1) is 0 Å². The number of benzene rings is 1. The van der Waals surface area contributed by atoms with Gasteiger partial charge in [-0.25, -0.2) is 9.97 Å². The van der Waals surface area contributed by atoms with Gasteiger partial charge in [0.2, 0.25) is 5.82 Å². The molecular formula is C20H16ClF3N6O. The molecule has 0 N–H and O–H groups in total. The van der Waals surface area contributed by atoms with E-state index in [1.165, 1.54) is 12.1 Å². The minimum absolute atomic E-state index is 0.159. The molecule has 5 rings (SSSR count). The predicted molar refractivity (Wildman–Crippen MR) is 104 cm³/mol. The molecule has 0 aliphatic carbocycles. The van der Waals surface area contributed by atoms with E-state index in [2.05, 4.69) is 20.2 Å². The first kappa shape index (κ1) is 19.9. The third kappa shape index (κ3) is 3.25. The van der Waals surface area contributed by atoms with Gasteiger partial charge in [0.05, 0.1) is 28.2 Å². The van der Waals surface area contributed by atoms with E-state index < -0.39 is 28.7 Å². The van der Waals surface area contributed by atoms with Gasteiger partial charge in [0.25, 0.3) is 5.91 Å². The summed E-state index contributed by atoms with van der Waals surface area (Å²) in [7, 11) is 0. The van der Waals surface area contributed by atoms with Crippen molar-refractivity contribution in [1.82, 2.24) is 29.6 Å². The maximum atomic E-state index is 13.4. The van der Waals surface area contributed by atoms with Gasteiger partial charge in [0.1, 0.15) is 0 Å². The number of aromatic nitrogens is 5. The Morgan fingerprint density at radius 3 is 2.61 bits per heavy atom. The maximum Gasteiger partial charge on any atom is 0.417 e. The fourth-order valence-corrected chi connectivity index (χ4v) is 4.72. The molecule has 2 aliphatic rings. The summed E-state index contributed by atoms with van der Waals surface area (Å²) in [5.41, 5.74) is -1.18. The van der Waals surface area contributed by atoms with Gasteiger partial charge in [0.15, 0.2) is 11.6 Å². The zero-order chi connectivity index (χ0) is 21.8. The first-order valence-electron chi connectivity index (χ1n) is 9.75. The number of amides is 1. The zero-order valence-electron chi connectivity index (χ0n) is 16.1. The van der Waals surface area contributed by atoms with Crippen LogP contribution in [0.1, 0.15) is 47.1 Å². The van der Waals surface area contributed by atoms with Crippen molar-refractivity contribution in [2.75, 3.05) is 0 Å². The first-order chi connectivity index (χ1) is 14.9. The number of fused-ring (bicyclic) bond motifs is 4. The van der Waals surface area contributed by atoms with E-state index in [1.807, 2.05) is 4.57 Å². The Morgan fingerprint density at radius 1 is 1.10 bits per heavy atom. The number of alkyl halides is 3.